The molecule has 2 heteroatoms. The third kappa shape index (κ3) is 2.93. The van der Waals surface area contributed by atoms with Crippen LogP contribution >= 0.6 is 11.8 Å². The van der Waals surface area contributed by atoms with Gasteiger partial charge >= 0.3 is 0 Å². The Hall–Kier alpha value is -0.130. The van der Waals surface area contributed by atoms with Gasteiger partial charge in [-0.2, -0.15) is 11.8 Å². The second kappa shape index (κ2) is 4.93. The van der Waals surface area contributed by atoms with E-state index >= 15 is 0 Å². The highest BCUT2D eigenvalue weighted by Gasteiger charge is 2.34. The van der Waals surface area contributed by atoms with E-state index in [2.05, 4.69) is 12.8 Å². The number of thioether (sulfide) groups is 1. The predicted octanol–water partition coefficient (Wildman–Crippen LogP) is 2.40. The first-order chi connectivity index (χ1) is 6.19. The monoisotopic (exact) mass is 197 g/mol. The lowest BCUT2D eigenvalue weighted by atomic mass is 9.93. The maximum atomic E-state index is 6.16. The summed E-state index contributed by atoms with van der Waals surface area (Å²) in [6.45, 7) is 2.30. The second-order valence-corrected chi connectivity index (χ2v) is 5.60. The summed E-state index contributed by atoms with van der Waals surface area (Å²) in [5.74, 6) is 3.94. The molecule has 2 atom stereocenters. The molecule has 1 nitrogen and oxygen atoms in total. The van der Waals surface area contributed by atoms with Crippen LogP contribution in [0.3, 0.4) is 0 Å². The largest absolute Gasteiger partial charge is 0.326 e. The van der Waals surface area contributed by atoms with Crippen LogP contribution in [0.4, 0.5) is 0 Å². The van der Waals surface area contributed by atoms with Gasteiger partial charge in [0, 0.05) is 17.2 Å². The first-order valence-electron chi connectivity index (χ1n) is 5.02. The molecule has 13 heavy (non-hydrogen) atoms. The SMILES string of the molecule is C#CCCCC(N)C1(C)CCCS1. The Bertz CT molecular complexity index is 189. The molecule has 0 amide bonds. The maximum absolute atomic E-state index is 6.16. The van der Waals surface area contributed by atoms with E-state index in [9.17, 15) is 0 Å². The van der Waals surface area contributed by atoms with Crippen molar-refractivity contribution in [3.05, 3.63) is 0 Å². The Balaban J connectivity index is 2.29. The van der Waals surface area contributed by atoms with E-state index in [0.717, 1.165) is 19.3 Å². The summed E-state index contributed by atoms with van der Waals surface area (Å²) in [5.41, 5.74) is 6.16. The van der Waals surface area contributed by atoms with Gasteiger partial charge in [-0.15, -0.1) is 12.3 Å². The van der Waals surface area contributed by atoms with Crippen LogP contribution in [0.5, 0.6) is 0 Å². The van der Waals surface area contributed by atoms with Gasteiger partial charge in [0.25, 0.3) is 0 Å². The van der Waals surface area contributed by atoms with Crippen molar-refractivity contribution in [2.24, 2.45) is 5.73 Å². The van der Waals surface area contributed by atoms with E-state index in [-0.39, 0.29) is 0 Å². The highest BCUT2D eigenvalue weighted by molar-refractivity contribution is 8.00. The van der Waals surface area contributed by atoms with Crippen molar-refractivity contribution in [1.29, 1.82) is 0 Å². The van der Waals surface area contributed by atoms with Crippen LogP contribution in [-0.2, 0) is 0 Å². The van der Waals surface area contributed by atoms with E-state index in [1.165, 1.54) is 18.6 Å². The predicted molar refractivity (Wildman–Crippen MR) is 60.8 cm³/mol. The van der Waals surface area contributed by atoms with E-state index in [1.54, 1.807) is 0 Å². The fraction of sp³-hybridized carbons (Fsp3) is 0.818. The van der Waals surface area contributed by atoms with Crippen molar-refractivity contribution in [2.45, 2.75) is 49.8 Å². The molecule has 1 saturated heterocycles. The number of rotatable bonds is 4. The van der Waals surface area contributed by atoms with E-state index in [1.807, 2.05) is 11.8 Å². The molecule has 1 heterocycles. The van der Waals surface area contributed by atoms with E-state index in [4.69, 9.17) is 12.2 Å². The third-order valence-corrected chi connectivity index (χ3v) is 4.53. The van der Waals surface area contributed by atoms with Gasteiger partial charge in [0.05, 0.1) is 0 Å². The Morgan fingerprint density at radius 2 is 2.46 bits per heavy atom. The first-order valence-corrected chi connectivity index (χ1v) is 6.00. The molecule has 1 aliphatic heterocycles. The van der Waals surface area contributed by atoms with Gasteiger partial charge in [0.1, 0.15) is 0 Å². The Morgan fingerprint density at radius 1 is 1.69 bits per heavy atom. The number of unbranched alkanes of at least 4 members (excludes halogenated alkanes) is 1. The van der Waals surface area contributed by atoms with Crippen LogP contribution in [0.25, 0.3) is 0 Å². The highest BCUT2D eigenvalue weighted by atomic mass is 32.2. The molecule has 0 aliphatic carbocycles. The fourth-order valence-electron chi connectivity index (χ4n) is 1.82. The Morgan fingerprint density at radius 3 is 3.00 bits per heavy atom. The van der Waals surface area contributed by atoms with Crippen LogP contribution in [-0.4, -0.2) is 16.5 Å². The summed E-state index contributed by atoms with van der Waals surface area (Å²) in [7, 11) is 0. The molecule has 0 spiro atoms. The van der Waals surface area contributed by atoms with Gasteiger partial charge in [-0.1, -0.05) is 0 Å². The molecule has 0 bridgehead atoms. The van der Waals surface area contributed by atoms with Crippen LogP contribution in [0, 0.1) is 12.3 Å². The second-order valence-electron chi connectivity index (χ2n) is 3.97. The minimum atomic E-state index is 0.327. The van der Waals surface area contributed by atoms with Gasteiger partial charge in [0.15, 0.2) is 0 Å². The molecular formula is C11H19NS. The summed E-state index contributed by atoms with van der Waals surface area (Å²) >= 11 is 2.03. The van der Waals surface area contributed by atoms with Gasteiger partial charge in [-0.3, -0.25) is 0 Å². The van der Waals surface area contributed by atoms with E-state index < -0.39 is 0 Å². The van der Waals surface area contributed by atoms with Crippen molar-refractivity contribution < 1.29 is 0 Å². The average molecular weight is 197 g/mol. The third-order valence-electron chi connectivity index (χ3n) is 2.87. The summed E-state index contributed by atoms with van der Waals surface area (Å²) in [4.78, 5) is 0. The molecule has 0 aromatic rings. The van der Waals surface area contributed by atoms with Crippen molar-refractivity contribution in [2.75, 3.05) is 5.75 Å². The topological polar surface area (TPSA) is 26.0 Å². The summed E-state index contributed by atoms with van der Waals surface area (Å²) in [6, 6.07) is 0.327. The quantitative estimate of drug-likeness (QED) is 0.553. The molecule has 0 radical (unpaired) electrons. The lowest BCUT2D eigenvalue weighted by molar-refractivity contribution is 0.451. The first kappa shape index (κ1) is 10.9. The van der Waals surface area contributed by atoms with Crippen LogP contribution in [0.2, 0.25) is 0 Å². The minimum absolute atomic E-state index is 0.327. The Kier molecular flexibility index (Phi) is 4.15. The number of terminal acetylenes is 1. The lowest BCUT2D eigenvalue weighted by Gasteiger charge is -2.30. The zero-order valence-corrected chi connectivity index (χ0v) is 9.20. The van der Waals surface area contributed by atoms with Crippen molar-refractivity contribution in [1.82, 2.24) is 0 Å². The molecular weight excluding hydrogens is 178 g/mol. The normalized spacial score (nSPS) is 29.9. The van der Waals surface area contributed by atoms with Crippen molar-refractivity contribution in [3.63, 3.8) is 0 Å². The summed E-state index contributed by atoms with van der Waals surface area (Å²) in [5, 5.41) is 0. The summed E-state index contributed by atoms with van der Waals surface area (Å²) in [6.07, 6.45) is 10.8. The smallest absolute Gasteiger partial charge is 0.0283 e. The maximum Gasteiger partial charge on any atom is 0.0283 e. The van der Waals surface area contributed by atoms with Crippen molar-refractivity contribution >= 4 is 11.8 Å². The number of nitrogens with two attached hydrogens (primary N) is 1. The molecule has 74 valence electrons. The van der Waals surface area contributed by atoms with Gasteiger partial charge in [-0.25, -0.2) is 0 Å². The van der Waals surface area contributed by atoms with Crippen LogP contribution in [0.1, 0.15) is 39.0 Å². The lowest BCUT2D eigenvalue weighted by Crippen LogP contribution is -2.41. The fourth-order valence-corrected chi connectivity index (χ4v) is 3.20. The van der Waals surface area contributed by atoms with Gasteiger partial charge in [0.2, 0.25) is 0 Å². The number of hydrogen-bond donors (Lipinski definition) is 1. The molecule has 2 unspecified atom stereocenters. The van der Waals surface area contributed by atoms with Crippen LogP contribution < -0.4 is 5.73 Å². The zero-order valence-electron chi connectivity index (χ0n) is 8.38. The van der Waals surface area contributed by atoms with E-state index in [0.29, 0.717) is 10.8 Å². The molecule has 1 fully saturated rings. The summed E-state index contributed by atoms with van der Waals surface area (Å²) < 4.78 is 0.328. The molecule has 0 saturated carbocycles. The standard InChI is InChI=1S/C11H19NS/c1-3-4-5-7-10(12)11(2)8-6-9-13-11/h1,10H,4-9,12H2,2H3. The molecule has 0 aromatic carbocycles. The van der Waals surface area contributed by atoms with Crippen molar-refractivity contribution in [3.8, 4) is 12.3 Å². The van der Waals surface area contributed by atoms with Gasteiger partial charge < -0.3 is 5.73 Å². The highest BCUT2D eigenvalue weighted by Crippen LogP contribution is 2.40. The number of hydrogen-bond acceptors (Lipinski definition) is 2. The molecule has 0 aromatic heterocycles. The zero-order chi connectivity index (χ0) is 9.73. The molecule has 1 rings (SSSR count). The minimum Gasteiger partial charge on any atom is -0.326 e. The molecule has 1 aliphatic rings. The molecule has 2 N–H and O–H groups in total. The average Bonchev–Trinajstić information content (AvgIpc) is 2.54. The van der Waals surface area contributed by atoms with Crippen LogP contribution in [0.15, 0.2) is 0 Å². The van der Waals surface area contributed by atoms with Gasteiger partial charge in [-0.05, 0) is 38.4 Å². The Labute approximate surface area is 85.8 Å².